The predicted molar refractivity (Wildman–Crippen MR) is 68.4 cm³/mol. The van der Waals surface area contributed by atoms with Crippen LogP contribution in [0.5, 0.6) is 0 Å². The number of nitrogens with one attached hydrogen (secondary N) is 1. The Morgan fingerprint density at radius 3 is 2.53 bits per heavy atom. The van der Waals surface area contributed by atoms with Gasteiger partial charge in [-0.3, -0.25) is 5.41 Å². The highest BCUT2D eigenvalue weighted by Gasteiger charge is 2.33. The van der Waals surface area contributed by atoms with Crippen LogP contribution in [0.1, 0.15) is 31.0 Å². The second-order valence-corrected chi connectivity index (χ2v) is 4.25. The number of nitrogen functional groups attached to an aromatic ring is 1. The third-order valence-electron chi connectivity index (χ3n) is 2.66. The molecule has 19 heavy (non-hydrogen) atoms. The number of hydrogen-bond acceptors (Lipinski definition) is 3. The molecule has 4 nitrogen and oxygen atoms in total. The third kappa shape index (κ3) is 3.84. The van der Waals surface area contributed by atoms with Gasteiger partial charge in [0.1, 0.15) is 17.3 Å². The number of pyridine rings is 1. The van der Waals surface area contributed by atoms with Gasteiger partial charge in [0.05, 0.1) is 5.56 Å². The molecule has 0 spiro atoms. The zero-order valence-electron chi connectivity index (χ0n) is 10.9. The highest BCUT2D eigenvalue weighted by atomic mass is 19.4. The molecule has 0 aliphatic rings. The summed E-state index contributed by atoms with van der Waals surface area (Å²) in [7, 11) is 1.64. The maximum Gasteiger partial charge on any atom is 0.433 e. The molecule has 0 fully saturated rings. The average molecular weight is 274 g/mol. The van der Waals surface area contributed by atoms with Crippen LogP contribution in [-0.4, -0.2) is 24.4 Å². The molecule has 0 unspecified atom stereocenters. The lowest BCUT2D eigenvalue weighted by Crippen LogP contribution is -2.26. The first-order valence-corrected chi connectivity index (χ1v) is 5.91. The van der Waals surface area contributed by atoms with E-state index in [1.165, 1.54) is 6.07 Å². The van der Waals surface area contributed by atoms with Gasteiger partial charge in [0.15, 0.2) is 0 Å². The molecule has 0 aromatic carbocycles. The molecule has 0 bridgehead atoms. The monoisotopic (exact) mass is 274 g/mol. The van der Waals surface area contributed by atoms with Crippen LogP contribution >= 0.6 is 0 Å². The van der Waals surface area contributed by atoms with Crippen LogP contribution in [-0.2, 0) is 6.18 Å². The largest absolute Gasteiger partial charge is 0.433 e. The number of nitrogens with two attached hydrogens (primary N) is 1. The molecule has 7 heteroatoms. The lowest BCUT2D eigenvalue weighted by atomic mass is 10.2. The van der Waals surface area contributed by atoms with Crippen molar-refractivity contribution in [2.45, 2.75) is 25.9 Å². The van der Waals surface area contributed by atoms with E-state index in [1.54, 1.807) is 11.9 Å². The molecule has 1 rings (SSSR count). The number of aromatic nitrogens is 1. The summed E-state index contributed by atoms with van der Waals surface area (Å²) in [6.07, 6.45) is -2.76. The predicted octanol–water partition coefficient (Wildman–Crippen LogP) is 2.62. The van der Waals surface area contributed by atoms with Crippen molar-refractivity contribution in [3.05, 3.63) is 23.4 Å². The molecule has 1 heterocycles. The first kappa shape index (κ1) is 15.3. The van der Waals surface area contributed by atoms with Gasteiger partial charge in [-0.25, -0.2) is 4.98 Å². The van der Waals surface area contributed by atoms with Crippen LogP contribution in [0, 0.1) is 5.41 Å². The summed E-state index contributed by atoms with van der Waals surface area (Å²) in [6.45, 7) is 2.55. The van der Waals surface area contributed by atoms with E-state index in [2.05, 4.69) is 4.98 Å². The number of rotatable bonds is 5. The number of nitrogens with zero attached hydrogens (tertiary/aromatic N) is 2. The molecule has 3 N–H and O–H groups in total. The van der Waals surface area contributed by atoms with Crippen LogP contribution in [0.2, 0.25) is 0 Å². The third-order valence-corrected chi connectivity index (χ3v) is 2.66. The van der Waals surface area contributed by atoms with E-state index in [-0.39, 0.29) is 17.2 Å². The molecule has 0 aliphatic carbocycles. The van der Waals surface area contributed by atoms with Crippen LogP contribution in [0.4, 0.5) is 19.0 Å². The van der Waals surface area contributed by atoms with Crippen LogP contribution in [0.15, 0.2) is 12.1 Å². The highest BCUT2D eigenvalue weighted by molar-refractivity contribution is 5.99. The van der Waals surface area contributed by atoms with E-state index in [9.17, 15) is 13.2 Å². The number of anilines is 1. The van der Waals surface area contributed by atoms with Gasteiger partial charge in [-0.1, -0.05) is 13.3 Å². The molecule has 0 radical (unpaired) electrons. The van der Waals surface area contributed by atoms with Crippen molar-refractivity contribution in [3.63, 3.8) is 0 Å². The zero-order chi connectivity index (χ0) is 14.6. The van der Waals surface area contributed by atoms with Crippen LogP contribution < -0.4 is 10.6 Å². The molecule has 0 atom stereocenters. The lowest BCUT2D eigenvalue weighted by molar-refractivity contribution is -0.141. The van der Waals surface area contributed by atoms with E-state index in [1.807, 2.05) is 6.92 Å². The summed E-state index contributed by atoms with van der Waals surface area (Å²) < 4.78 is 38.0. The van der Waals surface area contributed by atoms with Gasteiger partial charge in [-0.15, -0.1) is 0 Å². The maximum absolute atomic E-state index is 12.7. The summed E-state index contributed by atoms with van der Waals surface area (Å²) >= 11 is 0. The Morgan fingerprint density at radius 1 is 1.42 bits per heavy atom. The Hall–Kier alpha value is -1.79. The fourth-order valence-electron chi connectivity index (χ4n) is 1.61. The Balaban J connectivity index is 3.19. The first-order chi connectivity index (χ1) is 8.77. The van der Waals surface area contributed by atoms with Gasteiger partial charge in [0.2, 0.25) is 0 Å². The Kier molecular flexibility index (Phi) is 4.74. The minimum Gasteiger partial charge on any atom is -0.384 e. The van der Waals surface area contributed by atoms with Crippen molar-refractivity contribution < 1.29 is 13.2 Å². The topological polar surface area (TPSA) is 66.0 Å². The molecule has 1 aromatic rings. The number of alkyl halides is 3. The summed E-state index contributed by atoms with van der Waals surface area (Å²) in [5, 5.41) is 7.40. The summed E-state index contributed by atoms with van der Waals surface area (Å²) in [5.74, 6) is -0.199. The van der Waals surface area contributed by atoms with Gasteiger partial charge in [-0.2, -0.15) is 13.2 Å². The standard InChI is InChI=1S/C12H17F3N4/c1-3-4-7-19(2)11-8(10(16)17)5-6-9(18-11)12(13,14)15/h5-6H,3-4,7H2,1-2H3,(H3,16,17). The smallest absolute Gasteiger partial charge is 0.384 e. The number of halogens is 3. The van der Waals surface area contributed by atoms with Crippen molar-refractivity contribution in [2.75, 3.05) is 18.5 Å². The highest BCUT2D eigenvalue weighted by Crippen LogP contribution is 2.30. The van der Waals surface area contributed by atoms with E-state index in [0.717, 1.165) is 18.9 Å². The SMILES string of the molecule is CCCCN(C)c1nc(C(F)(F)F)ccc1C(=N)N. The normalized spacial score (nSPS) is 11.4. The second-order valence-electron chi connectivity index (χ2n) is 4.25. The van der Waals surface area contributed by atoms with Gasteiger partial charge < -0.3 is 10.6 Å². The maximum atomic E-state index is 12.7. The van der Waals surface area contributed by atoms with Gasteiger partial charge >= 0.3 is 6.18 Å². The van der Waals surface area contributed by atoms with Crippen molar-refractivity contribution >= 4 is 11.7 Å². The summed E-state index contributed by atoms with van der Waals surface area (Å²) in [6, 6.07) is 2.03. The molecule has 0 saturated carbocycles. The molecule has 0 saturated heterocycles. The number of amidine groups is 1. The molecular formula is C12H17F3N4. The van der Waals surface area contributed by atoms with E-state index in [0.29, 0.717) is 6.54 Å². The molecule has 106 valence electrons. The van der Waals surface area contributed by atoms with Crippen molar-refractivity contribution in [3.8, 4) is 0 Å². The quantitative estimate of drug-likeness (QED) is 0.640. The lowest BCUT2D eigenvalue weighted by Gasteiger charge is -2.21. The zero-order valence-corrected chi connectivity index (χ0v) is 10.9. The van der Waals surface area contributed by atoms with E-state index >= 15 is 0 Å². The Labute approximate surface area is 109 Å². The Bertz CT molecular complexity index is 457. The molecule has 1 aromatic heterocycles. The summed E-state index contributed by atoms with van der Waals surface area (Å²) in [5.41, 5.74) is 4.61. The first-order valence-electron chi connectivity index (χ1n) is 5.91. The van der Waals surface area contributed by atoms with E-state index < -0.39 is 11.9 Å². The molecular weight excluding hydrogens is 257 g/mol. The Morgan fingerprint density at radius 2 is 2.05 bits per heavy atom. The van der Waals surface area contributed by atoms with Crippen molar-refractivity contribution in [2.24, 2.45) is 5.73 Å². The molecule has 0 amide bonds. The van der Waals surface area contributed by atoms with Gasteiger partial charge in [0.25, 0.3) is 0 Å². The minimum absolute atomic E-state index is 0.0933. The molecule has 0 aliphatic heterocycles. The van der Waals surface area contributed by atoms with Crippen molar-refractivity contribution in [1.29, 1.82) is 5.41 Å². The number of unbranched alkanes of at least 4 members (excludes halogenated alkanes) is 1. The summed E-state index contributed by atoms with van der Waals surface area (Å²) in [4.78, 5) is 5.19. The second kappa shape index (κ2) is 5.90. The van der Waals surface area contributed by atoms with Gasteiger partial charge in [0, 0.05) is 13.6 Å². The number of hydrogen-bond donors (Lipinski definition) is 2. The fourth-order valence-corrected chi connectivity index (χ4v) is 1.61. The fraction of sp³-hybridized carbons (Fsp3) is 0.500. The minimum atomic E-state index is -4.50. The van der Waals surface area contributed by atoms with Crippen LogP contribution in [0.25, 0.3) is 0 Å². The average Bonchev–Trinajstić information content (AvgIpc) is 2.33. The van der Waals surface area contributed by atoms with Gasteiger partial charge in [-0.05, 0) is 18.6 Å². The van der Waals surface area contributed by atoms with Crippen LogP contribution in [0.3, 0.4) is 0 Å². The van der Waals surface area contributed by atoms with E-state index in [4.69, 9.17) is 11.1 Å². The van der Waals surface area contributed by atoms with Crippen molar-refractivity contribution in [1.82, 2.24) is 4.98 Å².